The van der Waals surface area contributed by atoms with Gasteiger partial charge in [-0.05, 0) is 215 Å². The van der Waals surface area contributed by atoms with Crippen LogP contribution in [0.5, 0.6) is 0 Å². The zero-order valence-electron chi connectivity index (χ0n) is 60.0. The fourth-order valence-electron chi connectivity index (χ4n) is 15.9. The first-order valence-corrected chi connectivity index (χ1v) is 36.3. The van der Waals surface area contributed by atoms with E-state index in [1.807, 2.05) is 11.8 Å². The predicted molar refractivity (Wildman–Crippen MR) is 418 cm³/mol. The van der Waals surface area contributed by atoms with Crippen molar-refractivity contribution in [3.63, 3.8) is 0 Å². The molecule has 3 aliphatic rings. The van der Waals surface area contributed by atoms with Gasteiger partial charge in [-0.2, -0.15) is 0 Å². The molecule has 96 heavy (non-hydrogen) atoms. The third-order valence-corrected chi connectivity index (χ3v) is 22.5. The van der Waals surface area contributed by atoms with Crippen molar-refractivity contribution < 1.29 is 0 Å². The van der Waals surface area contributed by atoms with E-state index in [1.54, 1.807) is 0 Å². The van der Waals surface area contributed by atoms with Crippen molar-refractivity contribution in [2.75, 3.05) is 4.90 Å². The number of anilines is 2. The van der Waals surface area contributed by atoms with Gasteiger partial charge in [-0.1, -0.05) is 257 Å². The minimum absolute atomic E-state index is 0.00142. The summed E-state index contributed by atoms with van der Waals surface area (Å²) in [5.41, 5.74) is 32.4. The third-order valence-electron chi connectivity index (χ3n) is 21.4. The van der Waals surface area contributed by atoms with Gasteiger partial charge in [0, 0.05) is 59.7 Å². The van der Waals surface area contributed by atoms with Crippen LogP contribution in [0, 0.1) is 0 Å². The maximum absolute atomic E-state index is 2.78. The number of allylic oxidation sites excluding steroid dienone is 3. The number of fused-ring (bicyclic) bond motifs is 10. The standard InChI is InChI=1S/C91H94BN3S/c1-54(2)59-44-69(55(3)4)85(70(45-59)56(5)6)60-46-82-86-84(47-60)96-83-53-66(94-79-42-34-63(90(13,14)15)50-73(79)74-51-64(91(16,17)18)35-43-80(74)94)37-39-76(83)92(86)75-38-36-65(93-77-40-32-61(88(7,8)9)48-71(77)72-49-62(89(10,11)12)33-41-78(72)93)52-81(75)95(82)87-67(57-26-21-19-22-27-57)30-25-31-68(87)58-28-23-20-24-29-58/h19-24,26-30,32-56H,25,31H2,1-18H3. The Kier molecular flexibility index (Phi) is 15.3. The molecule has 15 rings (SSSR count). The van der Waals surface area contributed by atoms with E-state index in [0.717, 1.165) is 18.5 Å². The molecular formula is C91H94BN3S. The molecule has 12 aromatic rings. The molecule has 0 unspecified atom stereocenters. The van der Waals surface area contributed by atoms with Gasteiger partial charge < -0.3 is 14.0 Å². The Hall–Kier alpha value is -8.51. The molecule has 0 atom stereocenters. The van der Waals surface area contributed by atoms with Gasteiger partial charge in [-0.25, -0.2) is 0 Å². The van der Waals surface area contributed by atoms with Crippen LogP contribution >= 0.6 is 11.8 Å². The summed E-state index contributed by atoms with van der Waals surface area (Å²) in [5.74, 6) is 0.978. The summed E-state index contributed by atoms with van der Waals surface area (Å²) < 4.78 is 5.14. The first kappa shape index (κ1) is 63.5. The van der Waals surface area contributed by atoms with Gasteiger partial charge in [-0.3, -0.25) is 0 Å². The molecule has 2 aromatic heterocycles. The van der Waals surface area contributed by atoms with Crippen LogP contribution in [0.1, 0.15) is 205 Å². The predicted octanol–water partition coefficient (Wildman–Crippen LogP) is 23.8. The van der Waals surface area contributed by atoms with Gasteiger partial charge in [0.25, 0.3) is 0 Å². The van der Waals surface area contributed by atoms with Crippen LogP contribution in [0.3, 0.4) is 0 Å². The van der Waals surface area contributed by atoms with E-state index < -0.39 is 0 Å². The second-order valence-electron chi connectivity index (χ2n) is 33.1. The molecule has 0 spiro atoms. The average Bonchev–Trinajstić information content (AvgIpc) is 0.705. The summed E-state index contributed by atoms with van der Waals surface area (Å²) in [6.45, 7) is 42.3. The third kappa shape index (κ3) is 10.6. The lowest BCUT2D eigenvalue weighted by molar-refractivity contribution is 0.590. The van der Waals surface area contributed by atoms with Crippen LogP contribution in [0.2, 0.25) is 0 Å². The maximum atomic E-state index is 2.78. The molecule has 2 aliphatic heterocycles. The van der Waals surface area contributed by atoms with Gasteiger partial charge in [-0.15, -0.1) is 0 Å². The minimum atomic E-state index is -0.0793. The Morgan fingerprint density at radius 2 is 0.844 bits per heavy atom. The summed E-state index contributed by atoms with van der Waals surface area (Å²) in [6.07, 6.45) is 4.40. The van der Waals surface area contributed by atoms with E-state index in [9.17, 15) is 0 Å². The molecule has 0 bridgehead atoms. The summed E-state index contributed by atoms with van der Waals surface area (Å²) in [4.78, 5) is 5.39. The van der Waals surface area contributed by atoms with Gasteiger partial charge in [0.05, 0.1) is 27.8 Å². The minimum Gasteiger partial charge on any atom is -0.310 e. The highest BCUT2D eigenvalue weighted by molar-refractivity contribution is 8.00. The van der Waals surface area contributed by atoms with Gasteiger partial charge in [0.2, 0.25) is 6.71 Å². The molecule has 0 saturated carbocycles. The molecule has 10 aromatic carbocycles. The summed E-state index contributed by atoms with van der Waals surface area (Å²) in [7, 11) is 0. The van der Waals surface area contributed by atoms with E-state index in [1.165, 1.54) is 165 Å². The largest absolute Gasteiger partial charge is 0.310 e. The lowest BCUT2D eigenvalue weighted by Gasteiger charge is -2.43. The Morgan fingerprint density at radius 1 is 0.396 bits per heavy atom. The fraction of sp³-hybridized carbons (Fsp3) is 0.297. The van der Waals surface area contributed by atoms with Crippen molar-refractivity contribution in [1.29, 1.82) is 0 Å². The Balaban J connectivity index is 1.07. The SMILES string of the molecule is CC(C)c1cc(C(C)C)c(-c2cc3c4c(c2)N(C2=C(c5ccccc5)CCC=C2c2ccccc2)c2cc(-n5c6ccc(C(C)(C)C)cc6c6cc(C(C)(C)C)ccc65)ccc2B4c2ccc(-n4c5ccc(C(C)(C)C)cc5c5cc(C(C)(C)C)ccc54)cc2S3)c(C(C)C)c1. The summed E-state index contributed by atoms with van der Waals surface area (Å²) in [5, 5.41) is 5.19. The number of nitrogens with zero attached hydrogens (tertiary/aromatic N) is 3. The number of hydrogen-bond acceptors (Lipinski definition) is 2. The molecule has 0 radical (unpaired) electrons. The second-order valence-corrected chi connectivity index (χ2v) is 34.2. The highest BCUT2D eigenvalue weighted by Crippen LogP contribution is 2.52. The zero-order chi connectivity index (χ0) is 67.4. The highest BCUT2D eigenvalue weighted by atomic mass is 32.2. The van der Waals surface area contributed by atoms with Crippen LogP contribution < -0.4 is 21.3 Å². The van der Waals surface area contributed by atoms with Crippen LogP contribution in [-0.2, 0) is 21.7 Å². The van der Waals surface area contributed by atoms with E-state index in [4.69, 9.17) is 0 Å². The fourth-order valence-corrected chi connectivity index (χ4v) is 17.2. The van der Waals surface area contributed by atoms with E-state index in [-0.39, 0.29) is 28.4 Å². The molecule has 0 fully saturated rings. The van der Waals surface area contributed by atoms with E-state index in [2.05, 4.69) is 339 Å². The first-order chi connectivity index (χ1) is 45.6. The van der Waals surface area contributed by atoms with Gasteiger partial charge in [0.15, 0.2) is 0 Å². The molecule has 1 aliphatic carbocycles. The Morgan fingerprint density at radius 3 is 1.29 bits per heavy atom. The summed E-state index contributed by atoms with van der Waals surface area (Å²) in [6, 6.07) is 77.1. The summed E-state index contributed by atoms with van der Waals surface area (Å²) >= 11 is 1.98. The zero-order valence-corrected chi connectivity index (χ0v) is 60.8. The van der Waals surface area contributed by atoms with Gasteiger partial charge in [0.1, 0.15) is 0 Å². The van der Waals surface area contributed by atoms with Gasteiger partial charge >= 0.3 is 0 Å². The Bertz CT molecular complexity index is 5040. The Labute approximate surface area is 576 Å². The lowest BCUT2D eigenvalue weighted by Crippen LogP contribution is -2.60. The van der Waals surface area contributed by atoms with Crippen molar-refractivity contribution in [2.24, 2.45) is 0 Å². The molecule has 4 heterocycles. The highest BCUT2D eigenvalue weighted by Gasteiger charge is 2.44. The number of hydrogen-bond donors (Lipinski definition) is 0. The van der Waals surface area contributed by atoms with Crippen molar-refractivity contribution >= 4 is 101 Å². The van der Waals surface area contributed by atoms with E-state index in [0.29, 0.717) is 17.8 Å². The maximum Gasteiger partial charge on any atom is 0.249 e. The molecular weight excluding hydrogens is 1180 g/mol. The monoisotopic (exact) mass is 1270 g/mol. The van der Waals surface area contributed by atoms with Crippen LogP contribution in [0.25, 0.3) is 77.3 Å². The molecule has 482 valence electrons. The smallest absolute Gasteiger partial charge is 0.249 e. The van der Waals surface area contributed by atoms with Crippen molar-refractivity contribution in [3.8, 4) is 22.5 Å². The van der Waals surface area contributed by atoms with Crippen molar-refractivity contribution in [1.82, 2.24) is 9.13 Å². The van der Waals surface area contributed by atoms with Crippen LogP contribution in [-0.4, -0.2) is 15.8 Å². The van der Waals surface area contributed by atoms with Crippen molar-refractivity contribution in [3.05, 3.63) is 256 Å². The molecule has 0 amide bonds. The van der Waals surface area contributed by atoms with E-state index >= 15 is 0 Å². The molecule has 0 N–H and O–H groups in total. The lowest BCUT2D eigenvalue weighted by atomic mass is 9.34. The molecule has 0 saturated heterocycles. The normalized spacial score (nSPS) is 14.5. The number of aromatic nitrogens is 2. The second kappa shape index (κ2) is 23.1. The quantitative estimate of drug-likeness (QED) is 0.134. The first-order valence-electron chi connectivity index (χ1n) is 35.5. The van der Waals surface area contributed by atoms with Crippen molar-refractivity contribution in [2.45, 2.75) is 187 Å². The van der Waals surface area contributed by atoms with Crippen LogP contribution in [0.15, 0.2) is 216 Å². The average molecular weight is 1270 g/mol. The number of benzene rings is 10. The molecule has 5 heteroatoms. The topological polar surface area (TPSA) is 13.1 Å². The van der Waals surface area contributed by atoms with Crippen LogP contribution in [0.4, 0.5) is 11.4 Å². The molecule has 3 nitrogen and oxygen atoms in total. The number of rotatable bonds is 9.